The van der Waals surface area contributed by atoms with Gasteiger partial charge in [0.2, 0.25) is 11.0 Å². The molecule has 2 aromatic rings. The zero-order valence-electron chi connectivity index (χ0n) is 22.6. The fourth-order valence-corrected chi connectivity index (χ4v) is 4.49. The molecule has 1 aromatic carbocycles. The Kier molecular flexibility index (Phi) is 11.7. The first-order valence-electron chi connectivity index (χ1n) is 11.8. The van der Waals surface area contributed by atoms with E-state index in [1.54, 1.807) is 30.3 Å². The molecule has 1 amide bonds. The number of benzene rings is 1. The van der Waals surface area contributed by atoms with Gasteiger partial charge in [0.25, 0.3) is 0 Å². The van der Waals surface area contributed by atoms with E-state index in [1.807, 2.05) is 0 Å². The molecular weight excluding hydrogens is 550 g/mol. The van der Waals surface area contributed by atoms with Crippen LogP contribution in [0.3, 0.4) is 0 Å². The average Bonchev–Trinajstić information content (AvgIpc) is 3.31. The lowest BCUT2D eigenvalue weighted by atomic mass is 10.0. The summed E-state index contributed by atoms with van der Waals surface area (Å²) < 4.78 is 26.5. The van der Waals surface area contributed by atoms with Crippen LogP contribution in [0.4, 0.5) is 10.8 Å². The van der Waals surface area contributed by atoms with Gasteiger partial charge in [-0.15, -0.1) is 10.2 Å². The number of hydrogen-bond donors (Lipinski definition) is 0. The molecule has 0 N–H and O–H groups in total. The molecule has 0 aliphatic heterocycles. The second kappa shape index (κ2) is 14.7. The molecule has 14 nitrogen and oxygen atoms in total. The van der Waals surface area contributed by atoms with Gasteiger partial charge in [0.05, 0.1) is 5.69 Å². The van der Waals surface area contributed by atoms with Crippen molar-refractivity contribution in [3.05, 3.63) is 35.3 Å². The van der Waals surface area contributed by atoms with Crippen LogP contribution in [-0.4, -0.2) is 70.9 Å². The second-order valence-corrected chi connectivity index (χ2v) is 9.23. The highest BCUT2D eigenvalue weighted by atomic mass is 32.1. The van der Waals surface area contributed by atoms with E-state index < -0.39 is 66.8 Å². The molecule has 0 fully saturated rings. The Morgan fingerprint density at radius 3 is 1.77 bits per heavy atom. The fourth-order valence-electron chi connectivity index (χ4n) is 3.52. The summed E-state index contributed by atoms with van der Waals surface area (Å²) >= 11 is 0.831. The number of rotatable bonds is 12. The molecule has 4 unspecified atom stereocenters. The van der Waals surface area contributed by atoms with Crippen molar-refractivity contribution in [1.82, 2.24) is 10.2 Å². The highest BCUT2D eigenvalue weighted by Gasteiger charge is 2.46. The first kappa shape index (κ1) is 31.8. The van der Waals surface area contributed by atoms with Gasteiger partial charge < -0.3 is 23.7 Å². The van der Waals surface area contributed by atoms with Crippen LogP contribution in [-0.2, 0) is 52.5 Å². The smallest absolute Gasteiger partial charge is 0.303 e. The van der Waals surface area contributed by atoms with E-state index in [-0.39, 0.29) is 10.1 Å². The first-order valence-corrected chi connectivity index (χ1v) is 12.6. The Bertz CT molecular complexity index is 1230. The Balaban J connectivity index is 2.66. The van der Waals surface area contributed by atoms with Crippen molar-refractivity contribution in [3.8, 4) is 0 Å². The number of anilines is 2. The van der Waals surface area contributed by atoms with Gasteiger partial charge in [0.1, 0.15) is 6.61 Å². The molecule has 4 atom stereocenters. The molecule has 0 aliphatic carbocycles. The van der Waals surface area contributed by atoms with E-state index in [9.17, 15) is 28.8 Å². The highest BCUT2D eigenvalue weighted by molar-refractivity contribution is 7.15. The van der Waals surface area contributed by atoms with E-state index in [0.717, 1.165) is 46.0 Å². The number of esters is 5. The molecule has 15 heteroatoms. The monoisotopic (exact) mass is 579 g/mol. The van der Waals surface area contributed by atoms with Crippen LogP contribution in [0.5, 0.6) is 0 Å². The maximum Gasteiger partial charge on any atom is 0.303 e. The van der Waals surface area contributed by atoms with Gasteiger partial charge in [-0.3, -0.25) is 33.7 Å². The zero-order valence-corrected chi connectivity index (χ0v) is 23.5. The Morgan fingerprint density at radius 2 is 1.27 bits per heavy atom. The summed E-state index contributed by atoms with van der Waals surface area (Å²) in [6.07, 6.45) is -6.34. The van der Waals surface area contributed by atoms with Crippen LogP contribution in [0.15, 0.2) is 30.3 Å². The normalized spacial score (nSPS) is 13.6. The largest absolute Gasteiger partial charge is 0.462 e. The SMILES string of the molecule is CC(=O)OCC(OC(C)=O)C(OC(C)=O)C(OC(C)=O)C(OC(C)=O)c1nnc(N(C(C)=O)c2ccccc2)s1. The minimum absolute atomic E-state index is 0.0511. The first-order chi connectivity index (χ1) is 18.8. The number of carbonyl (C=O) groups is 6. The van der Waals surface area contributed by atoms with E-state index >= 15 is 0 Å². The highest BCUT2D eigenvalue weighted by Crippen LogP contribution is 2.36. The van der Waals surface area contributed by atoms with Crippen molar-refractivity contribution in [2.75, 3.05) is 11.5 Å². The fraction of sp³-hybridized carbons (Fsp3) is 0.440. The maximum absolute atomic E-state index is 12.5. The van der Waals surface area contributed by atoms with Gasteiger partial charge in [-0.1, -0.05) is 29.5 Å². The third-order valence-corrected chi connectivity index (χ3v) is 5.82. The third-order valence-electron chi connectivity index (χ3n) is 4.85. The molecule has 2 rings (SSSR count). The summed E-state index contributed by atoms with van der Waals surface area (Å²) in [4.78, 5) is 73.6. The van der Waals surface area contributed by atoms with Gasteiger partial charge in [0.15, 0.2) is 29.4 Å². The number of amides is 1. The van der Waals surface area contributed by atoms with E-state index in [1.165, 1.54) is 11.8 Å². The van der Waals surface area contributed by atoms with E-state index in [2.05, 4.69) is 10.2 Å². The molecule has 0 saturated heterocycles. The summed E-state index contributed by atoms with van der Waals surface area (Å²) in [5.74, 6) is -4.57. The minimum atomic E-state index is -1.66. The molecule has 1 heterocycles. The van der Waals surface area contributed by atoms with Gasteiger partial charge in [-0.25, -0.2) is 0 Å². The van der Waals surface area contributed by atoms with Crippen LogP contribution in [0.25, 0.3) is 0 Å². The molecule has 0 bridgehead atoms. The topological polar surface area (TPSA) is 178 Å². The molecule has 40 heavy (non-hydrogen) atoms. The van der Waals surface area contributed by atoms with Crippen molar-refractivity contribution in [1.29, 1.82) is 0 Å². The van der Waals surface area contributed by atoms with Crippen molar-refractivity contribution in [2.45, 2.75) is 66.0 Å². The molecular formula is C25H29N3O11S. The molecule has 0 radical (unpaired) electrons. The van der Waals surface area contributed by atoms with Crippen molar-refractivity contribution in [2.24, 2.45) is 0 Å². The predicted octanol–water partition coefficient (Wildman–Crippen LogP) is 2.19. The molecule has 0 spiro atoms. The number of para-hydroxylation sites is 1. The predicted molar refractivity (Wildman–Crippen MR) is 137 cm³/mol. The Hall–Kier alpha value is -4.40. The lowest BCUT2D eigenvalue weighted by molar-refractivity contribution is -0.203. The number of ether oxygens (including phenoxy) is 5. The van der Waals surface area contributed by atoms with E-state index in [0.29, 0.717) is 5.69 Å². The summed E-state index contributed by atoms with van der Waals surface area (Å²) in [5, 5.41) is 8.15. The number of nitrogens with zero attached hydrogens (tertiary/aromatic N) is 3. The maximum atomic E-state index is 12.5. The lowest BCUT2D eigenvalue weighted by Gasteiger charge is -2.34. The van der Waals surface area contributed by atoms with Crippen LogP contribution < -0.4 is 4.90 Å². The van der Waals surface area contributed by atoms with Crippen molar-refractivity contribution >= 4 is 57.9 Å². The quantitative estimate of drug-likeness (QED) is 0.264. The second-order valence-electron chi connectivity index (χ2n) is 8.24. The Labute approximate surface area is 233 Å². The van der Waals surface area contributed by atoms with Crippen LogP contribution in [0.1, 0.15) is 52.7 Å². The lowest BCUT2D eigenvalue weighted by Crippen LogP contribution is -2.50. The van der Waals surface area contributed by atoms with Gasteiger partial charge in [-0.05, 0) is 12.1 Å². The van der Waals surface area contributed by atoms with Gasteiger partial charge in [-0.2, -0.15) is 0 Å². The summed E-state index contributed by atoms with van der Waals surface area (Å²) in [6, 6.07) is 8.53. The average molecular weight is 580 g/mol. The Morgan fingerprint density at radius 1 is 0.725 bits per heavy atom. The van der Waals surface area contributed by atoms with Crippen LogP contribution in [0, 0.1) is 0 Å². The summed E-state index contributed by atoms with van der Waals surface area (Å²) in [5.41, 5.74) is 0.479. The van der Waals surface area contributed by atoms with Gasteiger partial charge >= 0.3 is 29.8 Å². The summed E-state index contributed by atoms with van der Waals surface area (Å²) in [6.45, 7) is 6.06. The van der Waals surface area contributed by atoms with E-state index in [4.69, 9.17) is 23.7 Å². The minimum Gasteiger partial charge on any atom is -0.462 e. The molecule has 0 aliphatic rings. The summed E-state index contributed by atoms with van der Waals surface area (Å²) in [7, 11) is 0. The number of hydrogen-bond acceptors (Lipinski definition) is 14. The standard InChI is InChI=1S/C25H29N3O11S/c1-13(29)28(19-10-8-7-9-11-19)25-27-26-24(40-25)23(39-18(6)34)22(38-17(5)33)21(37-16(4)32)20(36-15(3)31)12-35-14(2)30/h7-11,20-23H,12H2,1-6H3. The van der Waals surface area contributed by atoms with Gasteiger partial charge in [0, 0.05) is 41.5 Å². The molecule has 0 saturated carbocycles. The van der Waals surface area contributed by atoms with Crippen LogP contribution in [0.2, 0.25) is 0 Å². The number of aromatic nitrogens is 2. The van der Waals surface area contributed by atoms with Crippen molar-refractivity contribution in [3.63, 3.8) is 0 Å². The van der Waals surface area contributed by atoms with Crippen LogP contribution >= 0.6 is 11.3 Å². The number of carbonyl (C=O) groups excluding carboxylic acids is 6. The molecule has 216 valence electrons. The molecule has 1 aromatic heterocycles. The zero-order chi connectivity index (χ0) is 30.0. The van der Waals surface area contributed by atoms with Crippen molar-refractivity contribution < 1.29 is 52.5 Å². The third kappa shape index (κ3) is 9.41.